The van der Waals surface area contributed by atoms with Gasteiger partial charge in [-0.2, -0.15) is 0 Å². The predicted octanol–water partition coefficient (Wildman–Crippen LogP) is 3.09. The molecule has 110 valence electrons. The lowest BCUT2D eigenvalue weighted by Crippen LogP contribution is -2.22. The van der Waals surface area contributed by atoms with Crippen LogP contribution in [0, 0.1) is 0 Å². The van der Waals surface area contributed by atoms with Crippen molar-refractivity contribution in [2.45, 2.75) is 13.2 Å². The van der Waals surface area contributed by atoms with Crippen molar-refractivity contribution >= 4 is 17.6 Å². The maximum atomic E-state index is 10.5. The van der Waals surface area contributed by atoms with E-state index in [9.17, 15) is 4.79 Å². The molecule has 2 aromatic carbocycles. The fraction of sp³-hybridized carbons (Fsp3) is 0.188. The minimum absolute atomic E-state index is 0.0779. The van der Waals surface area contributed by atoms with E-state index in [1.54, 1.807) is 0 Å². The van der Waals surface area contributed by atoms with Gasteiger partial charge in [0.1, 0.15) is 12.4 Å². The van der Waals surface area contributed by atoms with Crippen molar-refractivity contribution in [3.8, 4) is 5.75 Å². The Morgan fingerprint density at radius 3 is 2.57 bits per heavy atom. The Kier molecular flexibility index (Phi) is 5.60. The zero-order chi connectivity index (χ0) is 15.1. The number of rotatable bonds is 7. The van der Waals surface area contributed by atoms with Crippen LogP contribution in [-0.2, 0) is 17.9 Å². The number of carbonyl (C=O) groups is 1. The van der Waals surface area contributed by atoms with Crippen molar-refractivity contribution in [1.29, 1.82) is 0 Å². The molecule has 2 N–H and O–H groups in total. The maximum absolute atomic E-state index is 10.5. The highest BCUT2D eigenvalue weighted by atomic mass is 35.5. The zero-order valence-corrected chi connectivity index (χ0v) is 12.1. The Hall–Kier alpha value is -2.04. The van der Waals surface area contributed by atoms with Crippen LogP contribution in [0.5, 0.6) is 5.75 Å². The predicted molar refractivity (Wildman–Crippen MR) is 81.6 cm³/mol. The van der Waals surface area contributed by atoms with E-state index in [1.165, 1.54) is 0 Å². The summed E-state index contributed by atoms with van der Waals surface area (Å²) in [6.45, 7) is 0.807. The van der Waals surface area contributed by atoms with Crippen LogP contribution in [0.2, 0.25) is 5.02 Å². The number of nitrogens with one attached hydrogen (secondary N) is 1. The summed E-state index contributed by atoms with van der Waals surface area (Å²) in [4.78, 5) is 10.5. The normalized spacial score (nSPS) is 10.3. The van der Waals surface area contributed by atoms with Gasteiger partial charge < -0.3 is 15.2 Å². The molecule has 0 atom stereocenters. The standard InChI is InChI=1S/C16H16ClNO3/c17-14-7-5-12(6-8-14)11-21-15-4-2-1-3-13(15)9-18-10-16(19)20/h1-8,18H,9-11H2,(H,19,20). The summed E-state index contributed by atoms with van der Waals surface area (Å²) in [5, 5.41) is 12.2. The van der Waals surface area contributed by atoms with Gasteiger partial charge >= 0.3 is 5.97 Å². The van der Waals surface area contributed by atoms with E-state index in [2.05, 4.69) is 5.32 Å². The van der Waals surface area contributed by atoms with E-state index in [0.717, 1.165) is 16.9 Å². The Bertz CT molecular complexity index is 599. The molecular weight excluding hydrogens is 290 g/mol. The molecule has 0 amide bonds. The average Bonchev–Trinajstić information content (AvgIpc) is 2.47. The van der Waals surface area contributed by atoms with Gasteiger partial charge in [0.15, 0.2) is 0 Å². The largest absolute Gasteiger partial charge is 0.489 e. The molecule has 4 nitrogen and oxygen atoms in total. The summed E-state index contributed by atoms with van der Waals surface area (Å²) in [7, 11) is 0. The quantitative estimate of drug-likeness (QED) is 0.825. The zero-order valence-electron chi connectivity index (χ0n) is 11.4. The summed E-state index contributed by atoms with van der Waals surface area (Å²) >= 11 is 5.84. The van der Waals surface area contributed by atoms with Crippen molar-refractivity contribution in [3.05, 3.63) is 64.7 Å². The van der Waals surface area contributed by atoms with Crippen LogP contribution in [0.1, 0.15) is 11.1 Å². The number of carboxylic acids is 1. The Balaban J connectivity index is 1.96. The van der Waals surface area contributed by atoms with Gasteiger partial charge in [-0.1, -0.05) is 41.9 Å². The third kappa shape index (κ3) is 5.10. The first kappa shape index (κ1) is 15.4. The van der Waals surface area contributed by atoms with Crippen LogP contribution in [0.3, 0.4) is 0 Å². The number of para-hydroxylation sites is 1. The molecule has 2 rings (SSSR count). The number of halogens is 1. The molecule has 0 spiro atoms. The Morgan fingerprint density at radius 2 is 1.86 bits per heavy atom. The summed E-state index contributed by atoms with van der Waals surface area (Å²) in [5.41, 5.74) is 1.94. The Labute approximate surface area is 128 Å². The molecule has 0 fully saturated rings. The molecule has 2 aromatic rings. The summed E-state index contributed by atoms with van der Waals surface area (Å²) in [6, 6.07) is 15.0. The van der Waals surface area contributed by atoms with Crippen molar-refractivity contribution < 1.29 is 14.6 Å². The molecule has 0 radical (unpaired) electrons. The SMILES string of the molecule is O=C(O)CNCc1ccccc1OCc1ccc(Cl)cc1. The third-order valence-electron chi connectivity index (χ3n) is 2.87. The second-order valence-corrected chi connectivity index (χ2v) is 4.96. The Morgan fingerprint density at radius 1 is 1.14 bits per heavy atom. The molecule has 21 heavy (non-hydrogen) atoms. The van der Waals surface area contributed by atoms with Gasteiger partial charge in [-0.05, 0) is 23.8 Å². The van der Waals surface area contributed by atoms with Gasteiger partial charge in [-0.15, -0.1) is 0 Å². The third-order valence-corrected chi connectivity index (χ3v) is 3.12. The van der Waals surface area contributed by atoms with Crippen LogP contribution in [0.25, 0.3) is 0 Å². The highest BCUT2D eigenvalue weighted by molar-refractivity contribution is 6.30. The van der Waals surface area contributed by atoms with Crippen LogP contribution >= 0.6 is 11.6 Å². The molecule has 0 saturated carbocycles. The number of hydrogen-bond acceptors (Lipinski definition) is 3. The number of hydrogen-bond donors (Lipinski definition) is 2. The van der Waals surface area contributed by atoms with Gasteiger partial charge in [0.05, 0.1) is 6.54 Å². The lowest BCUT2D eigenvalue weighted by atomic mass is 10.2. The molecule has 0 unspecified atom stereocenters. The molecule has 0 aliphatic carbocycles. The first-order valence-electron chi connectivity index (χ1n) is 6.53. The summed E-state index contributed by atoms with van der Waals surface area (Å²) in [5.74, 6) is -0.139. The fourth-order valence-corrected chi connectivity index (χ4v) is 1.96. The lowest BCUT2D eigenvalue weighted by molar-refractivity contribution is -0.136. The number of benzene rings is 2. The number of ether oxygens (including phenoxy) is 1. The minimum Gasteiger partial charge on any atom is -0.489 e. The second kappa shape index (κ2) is 7.67. The highest BCUT2D eigenvalue weighted by Crippen LogP contribution is 2.19. The maximum Gasteiger partial charge on any atom is 0.317 e. The molecular formula is C16H16ClNO3. The van der Waals surface area contributed by atoms with E-state index in [1.807, 2.05) is 48.5 Å². The minimum atomic E-state index is -0.880. The van der Waals surface area contributed by atoms with Crippen molar-refractivity contribution in [1.82, 2.24) is 5.32 Å². The van der Waals surface area contributed by atoms with Gasteiger partial charge in [0.2, 0.25) is 0 Å². The molecule has 0 bridgehead atoms. The fourth-order valence-electron chi connectivity index (χ4n) is 1.84. The second-order valence-electron chi connectivity index (χ2n) is 4.52. The summed E-state index contributed by atoms with van der Waals surface area (Å²) < 4.78 is 5.79. The van der Waals surface area contributed by atoms with E-state index >= 15 is 0 Å². The van der Waals surface area contributed by atoms with Gasteiger partial charge in [-0.25, -0.2) is 0 Å². The number of aliphatic carboxylic acids is 1. The first-order valence-corrected chi connectivity index (χ1v) is 6.90. The lowest BCUT2D eigenvalue weighted by Gasteiger charge is -2.12. The topological polar surface area (TPSA) is 58.6 Å². The van der Waals surface area contributed by atoms with Gasteiger partial charge in [0, 0.05) is 17.1 Å². The van der Waals surface area contributed by atoms with Crippen molar-refractivity contribution in [3.63, 3.8) is 0 Å². The van der Waals surface area contributed by atoms with E-state index < -0.39 is 5.97 Å². The van der Waals surface area contributed by atoms with Crippen LogP contribution < -0.4 is 10.1 Å². The monoisotopic (exact) mass is 305 g/mol. The molecule has 0 saturated heterocycles. The highest BCUT2D eigenvalue weighted by Gasteiger charge is 2.04. The van der Waals surface area contributed by atoms with Gasteiger partial charge in [0.25, 0.3) is 0 Å². The first-order chi connectivity index (χ1) is 10.1. The summed E-state index contributed by atoms with van der Waals surface area (Å²) in [6.07, 6.45) is 0. The molecule has 0 aromatic heterocycles. The van der Waals surface area contributed by atoms with Crippen molar-refractivity contribution in [2.75, 3.05) is 6.54 Å². The van der Waals surface area contributed by atoms with Crippen LogP contribution in [0.4, 0.5) is 0 Å². The number of carboxylic acid groups (broad SMARTS) is 1. The average molecular weight is 306 g/mol. The van der Waals surface area contributed by atoms with E-state index in [0.29, 0.717) is 18.2 Å². The van der Waals surface area contributed by atoms with Gasteiger partial charge in [-0.3, -0.25) is 4.79 Å². The van der Waals surface area contributed by atoms with Crippen LogP contribution in [-0.4, -0.2) is 17.6 Å². The molecule has 0 aliphatic heterocycles. The van der Waals surface area contributed by atoms with E-state index in [4.69, 9.17) is 21.4 Å². The smallest absolute Gasteiger partial charge is 0.317 e. The van der Waals surface area contributed by atoms with E-state index in [-0.39, 0.29) is 6.54 Å². The molecule has 5 heteroatoms. The van der Waals surface area contributed by atoms with Crippen molar-refractivity contribution in [2.24, 2.45) is 0 Å². The molecule has 0 heterocycles. The molecule has 0 aliphatic rings. The van der Waals surface area contributed by atoms with Crippen LogP contribution in [0.15, 0.2) is 48.5 Å².